The molecule has 2 aliphatic heterocycles. The van der Waals surface area contributed by atoms with E-state index < -0.39 is 0 Å². The van der Waals surface area contributed by atoms with Crippen LogP contribution in [-0.2, 0) is 16.1 Å². The molecule has 120 valence electrons. The van der Waals surface area contributed by atoms with Gasteiger partial charge in [0.15, 0.2) is 0 Å². The van der Waals surface area contributed by atoms with E-state index in [0.29, 0.717) is 6.61 Å². The molecule has 1 spiro atoms. The van der Waals surface area contributed by atoms with Crippen LogP contribution in [0.2, 0.25) is 0 Å². The topological polar surface area (TPSA) is 34.6 Å². The summed E-state index contributed by atoms with van der Waals surface area (Å²) >= 11 is 0. The number of ether oxygens (including phenoxy) is 2. The summed E-state index contributed by atoms with van der Waals surface area (Å²) in [4.78, 5) is 7.00. The number of hydrogen-bond acceptors (Lipinski definition) is 4. The molecule has 1 aliphatic carbocycles. The number of rotatable bonds is 4. The molecule has 2 atom stereocenters. The predicted molar refractivity (Wildman–Crippen MR) is 84.6 cm³/mol. The van der Waals surface area contributed by atoms with Crippen LogP contribution in [0.25, 0.3) is 0 Å². The van der Waals surface area contributed by atoms with Crippen LogP contribution in [0.3, 0.4) is 0 Å². The van der Waals surface area contributed by atoms with Gasteiger partial charge in [-0.15, -0.1) is 0 Å². The quantitative estimate of drug-likeness (QED) is 0.856. The maximum Gasteiger partial charge on any atom is 0.0892 e. The maximum atomic E-state index is 6.24. The molecule has 2 saturated heterocycles. The van der Waals surface area contributed by atoms with Crippen LogP contribution in [0.1, 0.15) is 44.2 Å². The van der Waals surface area contributed by atoms with Gasteiger partial charge in [0, 0.05) is 25.2 Å². The molecule has 0 unspecified atom stereocenters. The Hall–Kier alpha value is -0.970. The van der Waals surface area contributed by atoms with Crippen molar-refractivity contribution >= 4 is 0 Å². The van der Waals surface area contributed by atoms with E-state index in [1.165, 1.54) is 38.6 Å². The molecule has 3 heterocycles. The van der Waals surface area contributed by atoms with Crippen LogP contribution in [0.15, 0.2) is 24.4 Å². The van der Waals surface area contributed by atoms with Gasteiger partial charge in [-0.05, 0) is 44.4 Å². The fourth-order valence-corrected chi connectivity index (χ4v) is 4.08. The molecule has 0 amide bonds. The van der Waals surface area contributed by atoms with Crippen molar-refractivity contribution in [1.82, 2.24) is 9.88 Å². The van der Waals surface area contributed by atoms with Crippen LogP contribution >= 0.6 is 0 Å². The summed E-state index contributed by atoms with van der Waals surface area (Å²) in [6.07, 6.45) is 9.73. The Morgan fingerprint density at radius 3 is 3.05 bits per heavy atom. The monoisotopic (exact) mass is 302 g/mol. The SMILES string of the molecule is c1ccc(CO[C@@H]2CO[C@]3(CCCN(C4CCC4)C3)C2)nc1. The van der Waals surface area contributed by atoms with Gasteiger partial charge in [0.1, 0.15) is 0 Å². The first-order valence-electron chi connectivity index (χ1n) is 8.73. The van der Waals surface area contributed by atoms with Crippen molar-refractivity contribution < 1.29 is 9.47 Å². The summed E-state index contributed by atoms with van der Waals surface area (Å²) in [5.41, 5.74) is 1.06. The second-order valence-electron chi connectivity index (χ2n) is 7.11. The highest BCUT2D eigenvalue weighted by Gasteiger charge is 2.45. The van der Waals surface area contributed by atoms with Crippen molar-refractivity contribution in [2.45, 2.75) is 62.9 Å². The molecule has 3 aliphatic rings. The number of pyridine rings is 1. The van der Waals surface area contributed by atoms with Gasteiger partial charge in [0.2, 0.25) is 0 Å². The zero-order valence-electron chi connectivity index (χ0n) is 13.2. The van der Waals surface area contributed by atoms with E-state index in [9.17, 15) is 0 Å². The van der Waals surface area contributed by atoms with E-state index in [0.717, 1.165) is 31.3 Å². The van der Waals surface area contributed by atoms with Gasteiger partial charge in [0.05, 0.1) is 30.6 Å². The molecule has 1 aromatic heterocycles. The first-order valence-corrected chi connectivity index (χ1v) is 8.73. The third-order valence-corrected chi connectivity index (χ3v) is 5.53. The van der Waals surface area contributed by atoms with Crippen LogP contribution in [-0.4, -0.2) is 47.3 Å². The van der Waals surface area contributed by atoms with Gasteiger partial charge in [-0.2, -0.15) is 0 Å². The molecule has 0 bridgehead atoms. The summed E-state index contributed by atoms with van der Waals surface area (Å²) in [6, 6.07) is 6.80. The molecule has 3 fully saturated rings. The van der Waals surface area contributed by atoms with Gasteiger partial charge < -0.3 is 9.47 Å². The number of nitrogens with zero attached hydrogens (tertiary/aromatic N) is 2. The van der Waals surface area contributed by atoms with Gasteiger partial charge >= 0.3 is 0 Å². The molecule has 0 radical (unpaired) electrons. The lowest BCUT2D eigenvalue weighted by atomic mass is 9.84. The molecule has 4 heteroatoms. The molecule has 4 nitrogen and oxygen atoms in total. The molecule has 1 aromatic rings. The molecular weight excluding hydrogens is 276 g/mol. The third kappa shape index (κ3) is 3.05. The van der Waals surface area contributed by atoms with Crippen LogP contribution < -0.4 is 0 Å². The van der Waals surface area contributed by atoms with Crippen molar-refractivity contribution in [3.63, 3.8) is 0 Å². The minimum absolute atomic E-state index is 0.0582. The maximum absolute atomic E-state index is 6.24. The van der Waals surface area contributed by atoms with Crippen molar-refractivity contribution in [1.29, 1.82) is 0 Å². The Kier molecular flexibility index (Phi) is 4.16. The summed E-state index contributed by atoms with van der Waals surface area (Å²) in [5.74, 6) is 0. The Morgan fingerprint density at radius 2 is 2.27 bits per heavy atom. The normalized spacial score (nSPS) is 33.2. The summed E-state index contributed by atoms with van der Waals surface area (Å²) in [7, 11) is 0. The smallest absolute Gasteiger partial charge is 0.0892 e. The van der Waals surface area contributed by atoms with Gasteiger partial charge in [0.25, 0.3) is 0 Å². The largest absolute Gasteiger partial charge is 0.371 e. The molecule has 1 saturated carbocycles. The van der Waals surface area contributed by atoms with Crippen LogP contribution in [0.4, 0.5) is 0 Å². The number of piperidine rings is 1. The van der Waals surface area contributed by atoms with E-state index in [4.69, 9.17) is 9.47 Å². The first kappa shape index (κ1) is 14.6. The number of hydrogen-bond donors (Lipinski definition) is 0. The zero-order chi connectivity index (χ0) is 14.8. The highest BCUT2D eigenvalue weighted by atomic mass is 16.6. The van der Waals surface area contributed by atoms with Crippen molar-refractivity contribution in [3.05, 3.63) is 30.1 Å². The minimum Gasteiger partial charge on any atom is -0.371 e. The van der Waals surface area contributed by atoms with E-state index in [1.807, 2.05) is 24.4 Å². The zero-order valence-corrected chi connectivity index (χ0v) is 13.2. The average molecular weight is 302 g/mol. The Bertz CT molecular complexity index is 491. The lowest BCUT2D eigenvalue weighted by molar-refractivity contribution is -0.0707. The van der Waals surface area contributed by atoms with Crippen LogP contribution in [0.5, 0.6) is 0 Å². The standard InChI is InChI=1S/C18H26N2O2/c1-2-9-19-15(5-1)12-21-17-11-18(22-13-17)8-4-10-20(14-18)16-6-3-7-16/h1-2,5,9,16-17H,3-4,6-8,10-14H2/t17-,18+/m0/s1. The van der Waals surface area contributed by atoms with E-state index in [1.54, 1.807) is 0 Å². The predicted octanol–water partition coefficient (Wildman–Crippen LogP) is 2.77. The van der Waals surface area contributed by atoms with Gasteiger partial charge in [-0.3, -0.25) is 9.88 Å². The Balaban J connectivity index is 1.31. The number of likely N-dealkylation sites (tertiary alicyclic amines) is 1. The molecule has 0 aromatic carbocycles. The fourth-order valence-electron chi connectivity index (χ4n) is 4.08. The lowest BCUT2D eigenvalue weighted by Gasteiger charge is -2.46. The van der Waals surface area contributed by atoms with E-state index >= 15 is 0 Å². The summed E-state index contributed by atoms with van der Waals surface area (Å²) in [6.45, 7) is 3.71. The molecule has 0 N–H and O–H groups in total. The van der Waals surface area contributed by atoms with Gasteiger partial charge in [-0.1, -0.05) is 12.5 Å². The highest BCUT2D eigenvalue weighted by molar-refractivity contribution is 5.02. The Labute approximate surface area is 132 Å². The second kappa shape index (κ2) is 6.26. The molecule has 22 heavy (non-hydrogen) atoms. The highest BCUT2D eigenvalue weighted by Crippen LogP contribution is 2.38. The fraction of sp³-hybridized carbons (Fsp3) is 0.722. The average Bonchev–Trinajstić information content (AvgIpc) is 2.87. The van der Waals surface area contributed by atoms with Crippen molar-refractivity contribution in [3.8, 4) is 0 Å². The summed E-state index contributed by atoms with van der Waals surface area (Å²) in [5, 5.41) is 0. The van der Waals surface area contributed by atoms with Gasteiger partial charge in [-0.25, -0.2) is 0 Å². The van der Waals surface area contributed by atoms with Crippen LogP contribution in [0, 0.1) is 0 Å². The van der Waals surface area contributed by atoms with E-state index in [-0.39, 0.29) is 11.7 Å². The molecule has 4 rings (SSSR count). The lowest BCUT2D eigenvalue weighted by Crippen LogP contribution is -2.53. The van der Waals surface area contributed by atoms with Crippen molar-refractivity contribution in [2.24, 2.45) is 0 Å². The first-order chi connectivity index (χ1) is 10.8. The Morgan fingerprint density at radius 1 is 1.32 bits per heavy atom. The second-order valence-corrected chi connectivity index (χ2v) is 7.11. The number of aromatic nitrogens is 1. The summed E-state index contributed by atoms with van der Waals surface area (Å²) < 4.78 is 12.3. The van der Waals surface area contributed by atoms with E-state index in [2.05, 4.69) is 9.88 Å². The third-order valence-electron chi connectivity index (χ3n) is 5.53. The van der Waals surface area contributed by atoms with Crippen molar-refractivity contribution in [2.75, 3.05) is 19.7 Å². The molecular formula is C18H26N2O2. The minimum atomic E-state index is 0.0582.